The van der Waals surface area contributed by atoms with E-state index in [1.54, 1.807) is 0 Å². The van der Waals surface area contributed by atoms with Crippen molar-refractivity contribution in [2.75, 3.05) is 47.5 Å². The van der Waals surface area contributed by atoms with Gasteiger partial charge in [0.15, 0.2) is 12.4 Å². The number of ether oxygens (including phenoxy) is 4. The highest BCUT2D eigenvalue weighted by Gasteiger charge is 2.22. The molecule has 0 aliphatic heterocycles. The number of allylic oxidation sites excluding steroid dienone is 32. The molecule has 0 saturated heterocycles. The largest absolute Gasteiger partial charge is 0.545 e. The summed E-state index contributed by atoms with van der Waals surface area (Å²) in [5.41, 5.74) is 0. The summed E-state index contributed by atoms with van der Waals surface area (Å²) >= 11 is 0. The lowest BCUT2D eigenvalue weighted by atomic mass is 10.0. The summed E-state index contributed by atoms with van der Waals surface area (Å²) in [6.45, 7) is 4.46. The van der Waals surface area contributed by atoms with Gasteiger partial charge < -0.3 is 33.3 Å². The maximum atomic E-state index is 12.9. The van der Waals surface area contributed by atoms with Crippen LogP contribution in [0.4, 0.5) is 0 Å². The Hall–Kier alpha value is -5.87. The van der Waals surface area contributed by atoms with Crippen LogP contribution in [0, 0.1) is 0 Å². The third-order valence-corrected chi connectivity index (χ3v) is 15.3. The Labute approximate surface area is 582 Å². The minimum atomic E-state index is -1.65. The maximum Gasteiger partial charge on any atom is 0.306 e. The van der Waals surface area contributed by atoms with E-state index in [1.165, 1.54) is 103 Å². The molecule has 534 valence electrons. The molecular weight excluding hydrogens is 1170 g/mol. The summed E-state index contributed by atoms with van der Waals surface area (Å²) in [5, 5.41) is 11.8. The number of unbranched alkanes of at least 4 members (excludes halogenated alkanes) is 20. The number of hydrogen-bond donors (Lipinski definition) is 0. The van der Waals surface area contributed by atoms with Crippen LogP contribution < -0.4 is 5.11 Å². The molecule has 2 atom stereocenters. The summed E-state index contributed by atoms with van der Waals surface area (Å²) in [6, 6.07) is 0. The molecule has 2 unspecified atom stereocenters. The molecule has 0 radical (unpaired) electrons. The summed E-state index contributed by atoms with van der Waals surface area (Å²) in [6.07, 6.45) is 111. The lowest BCUT2D eigenvalue weighted by Crippen LogP contribution is -2.44. The van der Waals surface area contributed by atoms with Gasteiger partial charge in [0.1, 0.15) is 13.2 Å². The average molecular weight is 1310 g/mol. The number of carbonyl (C=O) groups is 3. The highest BCUT2D eigenvalue weighted by Crippen LogP contribution is 2.16. The van der Waals surface area contributed by atoms with Crippen molar-refractivity contribution in [2.24, 2.45) is 0 Å². The predicted octanol–water partition coefficient (Wildman–Crippen LogP) is 22.8. The van der Waals surface area contributed by atoms with Gasteiger partial charge >= 0.3 is 11.9 Å². The molecule has 0 aromatic rings. The fraction of sp³-hybridized carbons (Fsp3) is 0.593. The summed E-state index contributed by atoms with van der Waals surface area (Å²) in [5.74, 6) is -2.36. The zero-order valence-electron chi connectivity index (χ0n) is 61.0. The van der Waals surface area contributed by atoms with Crippen molar-refractivity contribution < 1.29 is 42.9 Å². The van der Waals surface area contributed by atoms with E-state index in [-0.39, 0.29) is 38.6 Å². The second-order valence-electron chi connectivity index (χ2n) is 25.5. The topological polar surface area (TPSA) is 111 Å². The van der Waals surface area contributed by atoms with Crippen LogP contribution in [-0.4, -0.2) is 82.3 Å². The second-order valence-corrected chi connectivity index (χ2v) is 25.5. The lowest BCUT2D eigenvalue weighted by molar-refractivity contribution is -0.870. The van der Waals surface area contributed by atoms with E-state index < -0.39 is 24.3 Å². The molecule has 0 aliphatic rings. The van der Waals surface area contributed by atoms with Crippen LogP contribution in [0.25, 0.3) is 0 Å². The number of likely N-dealkylation sites (N-methyl/N-ethyl adjacent to an activating group) is 1. The predicted molar refractivity (Wildman–Crippen MR) is 407 cm³/mol. The lowest BCUT2D eigenvalue weighted by Gasteiger charge is -2.26. The molecule has 0 spiro atoms. The van der Waals surface area contributed by atoms with Crippen LogP contribution in [0.15, 0.2) is 194 Å². The van der Waals surface area contributed by atoms with Crippen molar-refractivity contribution in [3.63, 3.8) is 0 Å². The Morgan fingerprint density at radius 1 is 0.316 bits per heavy atom. The fourth-order valence-corrected chi connectivity index (χ4v) is 9.69. The molecule has 0 heterocycles. The van der Waals surface area contributed by atoms with Gasteiger partial charge in [-0.2, -0.15) is 0 Å². The second kappa shape index (κ2) is 73.9. The number of nitrogens with zero attached hydrogens (tertiary/aromatic N) is 1. The van der Waals surface area contributed by atoms with Crippen LogP contribution in [0.2, 0.25) is 0 Å². The number of quaternary nitrogens is 1. The van der Waals surface area contributed by atoms with E-state index in [2.05, 4.69) is 208 Å². The molecular formula is C86H137NO8. The van der Waals surface area contributed by atoms with Gasteiger partial charge in [0.05, 0.1) is 40.3 Å². The van der Waals surface area contributed by atoms with Crippen molar-refractivity contribution in [2.45, 2.75) is 283 Å². The zero-order chi connectivity index (χ0) is 69.0. The quantitative estimate of drug-likeness (QED) is 0.0195. The number of aliphatic carboxylic acids is 1. The van der Waals surface area contributed by atoms with E-state index in [1.807, 2.05) is 21.1 Å². The summed E-state index contributed by atoms with van der Waals surface area (Å²) in [7, 11) is 5.91. The Balaban J connectivity index is 4.19. The normalized spacial score (nSPS) is 13.8. The van der Waals surface area contributed by atoms with Gasteiger partial charge in [-0.25, -0.2) is 0 Å². The number of hydrogen-bond acceptors (Lipinski definition) is 8. The van der Waals surface area contributed by atoms with Crippen molar-refractivity contribution in [1.29, 1.82) is 0 Å². The average Bonchev–Trinajstić information content (AvgIpc) is 3.75. The molecule has 0 aromatic heterocycles. The first-order chi connectivity index (χ1) is 46.6. The Kier molecular flexibility index (Phi) is 69.4. The van der Waals surface area contributed by atoms with E-state index >= 15 is 0 Å². The molecule has 9 nitrogen and oxygen atoms in total. The molecule has 0 rings (SSSR count). The van der Waals surface area contributed by atoms with E-state index in [0.717, 1.165) is 135 Å². The fourth-order valence-electron chi connectivity index (χ4n) is 9.69. The van der Waals surface area contributed by atoms with Crippen LogP contribution in [0.5, 0.6) is 0 Å². The van der Waals surface area contributed by atoms with Gasteiger partial charge in [-0.15, -0.1) is 0 Å². The molecule has 0 fully saturated rings. The zero-order valence-corrected chi connectivity index (χ0v) is 61.0. The molecule has 0 bridgehead atoms. The van der Waals surface area contributed by atoms with Crippen molar-refractivity contribution in [3.8, 4) is 0 Å². The molecule has 9 heteroatoms. The minimum Gasteiger partial charge on any atom is -0.545 e. The van der Waals surface area contributed by atoms with Gasteiger partial charge in [0.25, 0.3) is 0 Å². The third-order valence-electron chi connectivity index (χ3n) is 15.3. The van der Waals surface area contributed by atoms with Crippen molar-refractivity contribution in [1.82, 2.24) is 0 Å². The highest BCUT2D eigenvalue weighted by molar-refractivity contribution is 5.70. The van der Waals surface area contributed by atoms with Crippen LogP contribution in [0.1, 0.15) is 271 Å². The summed E-state index contributed by atoms with van der Waals surface area (Å²) in [4.78, 5) is 37.5. The van der Waals surface area contributed by atoms with Crippen LogP contribution >= 0.6 is 0 Å². The van der Waals surface area contributed by atoms with Gasteiger partial charge in [0, 0.05) is 12.8 Å². The molecule has 0 aromatic carbocycles. The molecule has 0 N–H and O–H groups in total. The van der Waals surface area contributed by atoms with Gasteiger partial charge in [0.2, 0.25) is 0 Å². The Morgan fingerprint density at radius 3 is 0.863 bits per heavy atom. The number of carboxylic acid groups (broad SMARTS) is 1. The van der Waals surface area contributed by atoms with Crippen LogP contribution in [0.3, 0.4) is 0 Å². The minimum absolute atomic E-state index is 0.130. The van der Waals surface area contributed by atoms with E-state index in [9.17, 15) is 19.5 Å². The Morgan fingerprint density at radius 2 is 0.568 bits per heavy atom. The standard InChI is InChI=1S/C86H137NO8/c1-6-8-10-12-14-16-18-20-22-24-26-28-30-32-34-36-38-40-41-42-43-45-46-48-50-52-54-56-58-60-62-64-66-68-70-72-74-76-83(88)93-80-82(81-94-86(85(90)91)92-79-78-87(3,4)5)95-84(89)77-75-73-71-69-67-65-63-61-59-57-55-53-51-49-47-44-39-37-35-33-31-29-27-25-23-21-19-17-15-13-11-9-7-2/h8-11,14-17,20-23,26-29,32-35,38-40,44,49,51,55,57,61,63,67,69,82,86H,6-7,12-13,18-19,24-25,30-31,36-37,41-43,45-48,50,52-54,56,58-60,62,64-66,68,70-81H2,1-5H3/b10-8-,11-9-,16-14-,17-15-,22-20-,23-21-,28-26-,29-27-,34-32-,35-33-,40-38-,44-39-,51-49-,57-55-,63-61-,69-67-. The van der Waals surface area contributed by atoms with Crippen molar-refractivity contribution >= 4 is 17.9 Å². The smallest absolute Gasteiger partial charge is 0.306 e. The summed E-state index contributed by atoms with van der Waals surface area (Å²) < 4.78 is 22.8. The van der Waals surface area contributed by atoms with Crippen molar-refractivity contribution in [3.05, 3.63) is 194 Å². The van der Waals surface area contributed by atoms with Gasteiger partial charge in [-0.05, 0) is 141 Å². The maximum absolute atomic E-state index is 12.9. The number of carboxylic acids is 1. The SMILES string of the molecule is CC/C=C\C/C=C\C/C=C\C/C=C\C/C=C\C/C=C\C/C=C\C/C=C\C/C=C\C/C=C\CCCCC(=O)OC(COC(=O)CCCCCCCCCCCCCCCCCCCC/C=C\C/C=C\C/C=C\C/C=C\C/C=C\C/C=C\CC)COC(OCC[N+](C)(C)C)C(=O)[O-]. The van der Waals surface area contributed by atoms with E-state index in [4.69, 9.17) is 18.9 Å². The first kappa shape index (κ1) is 89.1. The Bertz CT molecular complexity index is 2270. The van der Waals surface area contributed by atoms with Gasteiger partial charge in [-0.3, -0.25) is 9.59 Å². The first-order valence-electron chi connectivity index (χ1n) is 37.6. The van der Waals surface area contributed by atoms with E-state index in [0.29, 0.717) is 17.4 Å². The molecule has 0 amide bonds. The van der Waals surface area contributed by atoms with Gasteiger partial charge in [-0.1, -0.05) is 311 Å². The molecule has 95 heavy (non-hydrogen) atoms. The first-order valence-corrected chi connectivity index (χ1v) is 37.6. The molecule has 0 aliphatic carbocycles. The highest BCUT2D eigenvalue weighted by atomic mass is 16.7. The third kappa shape index (κ3) is 75.4. The number of esters is 2. The monoisotopic (exact) mass is 1310 g/mol. The molecule has 0 saturated carbocycles. The van der Waals surface area contributed by atoms with Crippen LogP contribution in [-0.2, 0) is 33.3 Å². The number of rotatable bonds is 67. The number of carbonyl (C=O) groups excluding carboxylic acids is 3.